The number of imidazole rings is 1. The molecule has 0 saturated heterocycles. The molecule has 3 rings (SSSR count). The number of carbonyl (C=O) groups excluding carboxylic acids is 1. The topological polar surface area (TPSA) is 92.9 Å². The smallest absolute Gasteiger partial charge is 0.307 e. The molecule has 0 atom stereocenters. The number of rotatable bonds is 6. The van der Waals surface area contributed by atoms with Crippen LogP contribution in [-0.4, -0.2) is 33.0 Å². The minimum atomic E-state index is -0.895. The highest BCUT2D eigenvalue weighted by molar-refractivity contribution is 5.92. The van der Waals surface area contributed by atoms with Gasteiger partial charge in [-0.2, -0.15) is 0 Å². The third kappa shape index (κ3) is 4.14. The summed E-state index contributed by atoms with van der Waals surface area (Å²) in [7, 11) is 0. The number of hydrogen-bond donors (Lipinski definition) is 2. The van der Waals surface area contributed by atoms with E-state index in [0.29, 0.717) is 22.6 Å². The second-order valence-electron chi connectivity index (χ2n) is 5.59. The van der Waals surface area contributed by atoms with Gasteiger partial charge >= 0.3 is 5.97 Å². The summed E-state index contributed by atoms with van der Waals surface area (Å²) in [5.74, 6) is -0.674. The van der Waals surface area contributed by atoms with Crippen molar-refractivity contribution in [2.75, 3.05) is 11.9 Å². The van der Waals surface area contributed by atoms with Gasteiger partial charge < -0.3 is 19.6 Å². The summed E-state index contributed by atoms with van der Waals surface area (Å²) in [6, 6.07) is 10.2. The van der Waals surface area contributed by atoms with Crippen LogP contribution >= 0.6 is 0 Å². The third-order valence-corrected chi connectivity index (χ3v) is 3.52. The largest absolute Gasteiger partial charge is 0.481 e. The zero-order chi connectivity index (χ0) is 17.8. The second kappa shape index (κ2) is 7.04. The fourth-order valence-corrected chi connectivity index (χ4v) is 2.44. The van der Waals surface area contributed by atoms with Crippen LogP contribution in [0.3, 0.4) is 0 Å². The van der Waals surface area contributed by atoms with Crippen LogP contribution in [0.5, 0.6) is 5.75 Å². The zero-order valence-corrected chi connectivity index (χ0v) is 13.6. The maximum Gasteiger partial charge on any atom is 0.307 e. The molecule has 1 amide bonds. The molecule has 0 aliphatic carbocycles. The Bertz CT molecular complexity index is 916. The number of nitrogens with one attached hydrogen (secondary N) is 1. The van der Waals surface area contributed by atoms with Crippen LogP contribution in [0.2, 0.25) is 0 Å². The lowest BCUT2D eigenvalue weighted by Crippen LogP contribution is -2.20. The minimum absolute atomic E-state index is 0.0505. The third-order valence-electron chi connectivity index (χ3n) is 3.52. The molecule has 0 aliphatic rings. The summed E-state index contributed by atoms with van der Waals surface area (Å²) < 4.78 is 7.41. The molecule has 3 aromatic rings. The number of amides is 1. The molecule has 0 radical (unpaired) electrons. The van der Waals surface area contributed by atoms with E-state index in [1.807, 2.05) is 29.8 Å². The number of carboxylic acid groups (broad SMARTS) is 1. The zero-order valence-electron chi connectivity index (χ0n) is 13.6. The molecule has 0 spiro atoms. The number of benzene rings is 1. The molecule has 7 heteroatoms. The van der Waals surface area contributed by atoms with Gasteiger partial charge in [-0.15, -0.1) is 0 Å². The summed E-state index contributed by atoms with van der Waals surface area (Å²) in [5, 5.41) is 11.5. The number of ether oxygens (including phenoxy) is 1. The lowest BCUT2D eigenvalue weighted by Gasteiger charge is -2.08. The van der Waals surface area contributed by atoms with E-state index in [4.69, 9.17) is 9.84 Å². The predicted molar refractivity (Wildman–Crippen MR) is 91.8 cm³/mol. The summed E-state index contributed by atoms with van der Waals surface area (Å²) in [6.07, 6.45) is 3.69. The van der Waals surface area contributed by atoms with Crippen molar-refractivity contribution in [1.82, 2.24) is 9.38 Å². The fraction of sp³-hybridized carbons (Fsp3) is 0.167. The highest BCUT2D eigenvalue weighted by atomic mass is 16.5. The summed E-state index contributed by atoms with van der Waals surface area (Å²) in [4.78, 5) is 27.1. The van der Waals surface area contributed by atoms with Gasteiger partial charge in [-0.05, 0) is 36.8 Å². The predicted octanol–water partition coefficient (Wildman–Crippen LogP) is 2.29. The number of pyridine rings is 1. The van der Waals surface area contributed by atoms with E-state index in [0.717, 1.165) is 5.69 Å². The van der Waals surface area contributed by atoms with E-state index in [2.05, 4.69) is 10.3 Å². The van der Waals surface area contributed by atoms with Crippen LogP contribution in [0.4, 0.5) is 5.69 Å². The Balaban J connectivity index is 1.60. The maximum absolute atomic E-state index is 12.0. The Hall–Kier alpha value is -3.35. The van der Waals surface area contributed by atoms with Crippen LogP contribution in [0, 0.1) is 6.92 Å². The number of aryl methyl sites for hydroxylation is 1. The summed E-state index contributed by atoms with van der Waals surface area (Å²) >= 11 is 0. The maximum atomic E-state index is 12.0. The number of aromatic nitrogens is 2. The molecule has 25 heavy (non-hydrogen) atoms. The highest BCUT2D eigenvalue weighted by Gasteiger charge is 2.09. The monoisotopic (exact) mass is 339 g/mol. The van der Waals surface area contributed by atoms with Gasteiger partial charge in [0.25, 0.3) is 5.91 Å². The average Bonchev–Trinajstić information content (AvgIpc) is 2.95. The summed E-state index contributed by atoms with van der Waals surface area (Å²) in [5.41, 5.74) is 2.77. The van der Waals surface area contributed by atoms with E-state index >= 15 is 0 Å². The first-order valence-electron chi connectivity index (χ1n) is 7.69. The van der Waals surface area contributed by atoms with Crippen molar-refractivity contribution >= 4 is 23.2 Å². The number of anilines is 1. The van der Waals surface area contributed by atoms with Gasteiger partial charge in [-0.1, -0.05) is 12.1 Å². The Morgan fingerprint density at radius 3 is 2.72 bits per heavy atom. The van der Waals surface area contributed by atoms with Gasteiger partial charge in [0.2, 0.25) is 0 Å². The van der Waals surface area contributed by atoms with Gasteiger partial charge in [0.05, 0.1) is 12.1 Å². The normalized spacial score (nSPS) is 10.6. The molecule has 1 aromatic carbocycles. The van der Waals surface area contributed by atoms with E-state index in [-0.39, 0.29) is 18.9 Å². The SMILES string of the molecule is Cc1cn2cccc(OCC(=O)Nc3ccc(CC(=O)O)cc3)c2n1. The molecule has 2 N–H and O–H groups in total. The second-order valence-corrected chi connectivity index (χ2v) is 5.59. The Morgan fingerprint density at radius 1 is 1.24 bits per heavy atom. The van der Waals surface area contributed by atoms with E-state index in [1.165, 1.54) is 0 Å². The molecule has 0 bridgehead atoms. The molecular formula is C18H17N3O4. The van der Waals surface area contributed by atoms with Crippen molar-refractivity contribution in [3.05, 3.63) is 60.0 Å². The van der Waals surface area contributed by atoms with Gasteiger partial charge in [0.1, 0.15) is 0 Å². The molecule has 0 unspecified atom stereocenters. The van der Waals surface area contributed by atoms with Crippen molar-refractivity contribution in [2.24, 2.45) is 0 Å². The minimum Gasteiger partial charge on any atom is -0.481 e. The standard InChI is InChI=1S/C18H17N3O4/c1-12-10-21-8-2-3-15(18(21)19-12)25-11-16(22)20-14-6-4-13(5-7-14)9-17(23)24/h2-8,10H,9,11H2,1H3,(H,20,22)(H,23,24). The molecule has 128 valence electrons. The van der Waals surface area contributed by atoms with E-state index < -0.39 is 5.97 Å². The summed E-state index contributed by atoms with van der Waals surface area (Å²) in [6.45, 7) is 1.74. The van der Waals surface area contributed by atoms with Crippen molar-refractivity contribution in [3.8, 4) is 5.75 Å². The van der Waals surface area contributed by atoms with Crippen molar-refractivity contribution in [1.29, 1.82) is 0 Å². The molecule has 0 fully saturated rings. The van der Waals surface area contributed by atoms with Crippen LogP contribution < -0.4 is 10.1 Å². The van der Waals surface area contributed by atoms with Gasteiger partial charge in [-0.3, -0.25) is 9.59 Å². The molecule has 2 aromatic heterocycles. The van der Waals surface area contributed by atoms with Crippen LogP contribution in [0.1, 0.15) is 11.3 Å². The number of carbonyl (C=O) groups is 2. The van der Waals surface area contributed by atoms with Gasteiger partial charge in [0, 0.05) is 18.1 Å². The Labute approximate surface area is 143 Å². The quantitative estimate of drug-likeness (QED) is 0.719. The van der Waals surface area contributed by atoms with Crippen LogP contribution in [0.25, 0.3) is 5.65 Å². The highest BCUT2D eigenvalue weighted by Crippen LogP contribution is 2.18. The number of nitrogens with zero attached hydrogens (tertiary/aromatic N) is 2. The number of hydrogen-bond acceptors (Lipinski definition) is 4. The lowest BCUT2D eigenvalue weighted by atomic mass is 10.1. The van der Waals surface area contributed by atoms with Gasteiger partial charge in [-0.25, -0.2) is 4.98 Å². The van der Waals surface area contributed by atoms with Crippen molar-refractivity contribution in [2.45, 2.75) is 13.3 Å². The first-order valence-corrected chi connectivity index (χ1v) is 7.69. The average molecular weight is 339 g/mol. The lowest BCUT2D eigenvalue weighted by molar-refractivity contribution is -0.136. The molecule has 2 heterocycles. The molecular weight excluding hydrogens is 322 g/mol. The number of fused-ring (bicyclic) bond motifs is 1. The number of carboxylic acids is 1. The first kappa shape index (κ1) is 16.5. The van der Waals surface area contributed by atoms with Crippen LogP contribution in [-0.2, 0) is 16.0 Å². The van der Waals surface area contributed by atoms with Crippen molar-refractivity contribution in [3.63, 3.8) is 0 Å². The van der Waals surface area contributed by atoms with E-state index in [1.54, 1.807) is 30.3 Å². The fourth-order valence-electron chi connectivity index (χ4n) is 2.44. The molecule has 0 aliphatic heterocycles. The Morgan fingerprint density at radius 2 is 2.00 bits per heavy atom. The van der Waals surface area contributed by atoms with Crippen LogP contribution in [0.15, 0.2) is 48.8 Å². The Kier molecular flexibility index (Phi) is 4.65. The van der Waals surface area contributed by atoms with Crippen molar-refractivity contribution < 1.29 is 19.4 Å². The molecule has 7 nitrogen and oxygen atoms in total. The van der Waals surface area contributed by atoms with E-state index in [9.17, 15) is 9.59 Å². The van der Waals surface area contributed by atoms with Gasteiger partial charge in [0.15, 0.2) is 18.0 Å². The molecule has 0 saturated carbocycles. The first-order chi connectivity index (χ1) is 12.0. The number of aliphatic carboxylic acids is 1.